The number of benzene rings is 2. The van der Waals surface area contributed by atoms with Gasteiger partial charge in [0.1, 0.15) is 6.33 Å². The zero-order chi connectivity index (χ0) is 15.0. The second kappa shape index (κ2) is 4.73. The Morgan fingerprint density at radius 2 is 1.86 bits per heavy atom. The van der Waals surface area contributed by atoms with E-state index in [-0.39, 0.29) is 11.8 Å². The molecule has 0 fully saturated rings. The highest BCUT2D eigenvalue weighted by Gasteiger charge is 2.33. The summed E-state index contributed by atoms with van der Waals surface area (Å²) in [6, 6.07) is 10.7. The predicted octanol–water partition coefficient (Wildman–Crippen LogP) is 3.86. The third-order valence-corrected chi connectivity index (χ3v) is 3.20. The zero-order valence-electron chi connectivity index (χ0n) is 10.6. The van der Waals surface area contributed by atoms with E-state index < -0.39 is 11.7 Å². The number of carbonyl (C=O) groups is 1. The number of aromatic nitrogens is 2. The first kappa shape index (κ1) is 13.4. The first-order valence-corrected chi connectivity index (χ1v) is 6.09. The van der Waals surface area contributed by atoms with Crippen LogP contribution >= 0.6 is 0 Å². The largest absolute Gasteiger partial charge is 0.417 e. The van der Waals surface area contributed by atoms with E-state index in [0.29, 0.717) is 16.7 Å². The highest BCUT2D eigenvalue weighted by atomic mass is 19.4. The fourth-order valence-corrected chi connectivity index (χ4v) is 2.21. The van der Waals surface area contributed by atoms with Crippen LogP contribution in [0.4, 0.5) is 13.2 Å². The lowest BCUT2D eigenvalue weighted by Gasteiger charge is -2.12. The average molecular weight is 290 g/mol. The Balaban J connectivity index is 2.22. The summed E-state index contributed by atoms with van der Waals surface area (Å²) in [5.74, 6) is 0. The molecule has 3 nitrogen and oxygen atoms in total. The van der Waals surface area contributed by atoms with Gasteiger partial charge in [0.15, 0.2) is 6.29 Å². The minimum absolute atomic E-state index is 0.207. The standard InChI is InChI=1S/C15H9F3N2O/c16-15(17,18)12-7-11(6-5-10(12)8-21)20-9-19-13-3-1-2-4-14(13)20/h1-9H. The van der Waals surface area contributed by atoms with Gasteiger partial charge in [0.05, 0.1) is 16.6 Å². The molecule has 0 spiro atoms. The molecule has 1 heterocycles. The summed E-state index contributed by atoms with van der Waals surface area (Å²) < 4.78 is 40.5. The van der Waals surface area contributed by atoms with Gasteiger partial charge >= 0.3 is 6.18 Å². The fraction of sp³-hybridized carbons (Fsp3) is 0.0667. The maximum atomic E-state index is 13.0. The Kier molecular flexibility index (Phi) is 3.01. The van der Waals surface area contributed by atoms with E-state index in [1.807, 2.05) is 0 Å². The topological polar surface area (TPSA) is 34.9 Å². The monoisotopic (exact) mass is 290 g/mol. The van der Waals surface area contributed by atoms with E-state index in [1.165, 1.54) is 18.5 Å². The molecule has 0 N–H and O–H groups in total. The lowest BCUT2D eigenvalue weighted by molar-refractivity contribution is -0.137. The molecule has 0 radical (unpaired) electrons. The summed E-state index contributed by atoms with van der Waals surface area (Å²) in [6.07, 6.45) is -2.91. The van der Waals surface area contributed by atoms with Gasteiger partial charge in [-0.25, -0.2) is 4.98 Å². The third kappa shape index (κ3) is 2.29. The number of halogens is 3. The van der Waals surface area contributed by atoms with Crippen molar-refractivity contribution in [2.45, 2.75) is 6.18 Å². The molecule has 0 saturated carbocycles. The van der Waals surface area contributed by atoms with E-state index in [1.54, 1.807) is 28.8 Å². The molecular formula is C15H9F3N2O. The lowest BCUT2D eigenvalue weighted by Crippen LogP contribution is -2.10. The van der Waals surface area contributed by atoms with Crippen molar-refractivity contribution in [3.05, 3.63) is 59.9 Å². The number of nitrogens with zero attached hydrogens (tertiary/aromatic N) is 2. The number of alkyl halides is 3. The highest BCUT2D eigenvalue weighted by Crippen LogP contribution is 2.33. The van der Waals surface area contributed by atoms with Gasteiger partial charge in [-0.2, -0.15) is 13.2 Å². The predicted molar refractivity (Wildman–Crippen MR) is 71.5 cm³/mol. The molecule has 0 aliphatic carbocycles. The molecule has 0 unspecified atom stereocenters. The van der Waals surface area contributed by atoms with Crippen LogP contribution in [0.25, 0.3) is 16.7 Å². The molecule has 0 saturated heterocycles. The van der Waals surface area contributed by atoms with Crippen LogP contribution in [0.3, 0.4) is 0 Å². The maximum absolute atomic E-state index is 13.0. The van der Waals surface area contributed by atoms with E-state index >= 15 is 0 Å². The number of para-hydroxylation sites is 2. The molecular weight excluding hydrogens is 281 g/mol. The van der Waals surface area contributed by atoms with Crippen molar-refractivity contribution in [1.82, 2.24) is 9.55 Å². The van der Waals surface area contributed by atoms with Crippen molar-refractivity contribution in [1.29, 1.82) is 0 Å². The molecule has 6 heteroatoms. The number of hydrogen-bond donors (Lipinski definition) is 0. The number of hydrogen-bond acceptors (Lipinski definition) is 2. The van der Waals surface area contributed by atoms with Gasteiger partial charge in [-0.05, 0) is 30.3 Å². The van der Waals surface area contributed by atoms with E-state index in [9.17, 15) is 18.0 Å². The van der Waals surface area contributed by atoms with Gasteiger partial charge in [-0.15, -0.1) is 0 Å². The minimum atomic E-state index is -4.58. The molecule has 0 aliphatic rings. The van der Waals surface area contributed by atoms with Crippen LogP contribution < -0.4 is 0 Å². The van der Waals surface area contributed by atoms with Gasteiger partial charge in [-0.1, -0.05) is 12.1 Å². The Labute approximate surface area is 117 Å². The summed E-state index contributed by atoms with van der Waals surface area (Å²) in [5, 5.41) is 0. The van der Waals surface area contributed by atoms with Crippen LogP contribution in [-0.4, -0.2) is 15.8 Å². The zero-order valence-corrected chi connectivity index (χ0v) is 10.6. The second-order valence-corrected chi connectivity index (χ2v) is 4.49. The van der Waals surface area contributed by atoms with Crippen molar-refractivity contribution in [3.8, 4) is 5.69 Å². The molecule has 0 aliphatic heterocycles. The molecule has 3 aromatic rings. The van der Waals surface area contributed by atoms with E-state index in [0.717, 1.165) is 6.07 Å². The maximum Gasteiger partial charge on any atom is 0.417 e. The summed E-state index contributed by atoms with van der Waals surface area (Å²) in [6.45, 7) is 0. The third-order valence-electron chi connectivity index (χ3n) is 3.20. The number of aldehydes is 1. The van der Waals surface area contributed by atoms with Crippen LogP contribution in [0.15, 0.2) is 48.8 Å². The number of imidazole rings is 1. The van der Waals surface area contributed by atoms with Crippen molar-refractivity contribution in [2.24, 2.45) is 0 Å². The van der Waals surface area contributed by atoms with Gasteiger partial charge in [-0.3, -0.25) is 9.36 Å². The van der Waals surface area contributed by atoms with Crippen LogP contribution in [0.5, 0.6) is 0 Å². The first-order chi connectivity index (χ1) is 10.0. The van der Waals surface area contributed by atoms with Gasteiger partial charge < -0.3 is 0 Å². The summed E-state index contributed by atoms with van der Waals surface area (Å²) in [7, 11) is 0. The van der Waals surface area contributed by atoms with Gasteiger partial charge in [0.25, 0.3) is 0 Å². The first-order valence-electron chi connectivity index (χ1n) is 6.09. The highest BCUT2D eigenvalue weighted by molar-refractivity contribution is 5.80. The van der Waals surface area contributed by atoms with Crippen LogP contribution in [0.2, 0.25) is 0 Å². The molecule has 21 heavy (non-hydrogen) atoms. The van der Waals surface area contributed by atoms with Crippen LogP contribution in [0, 0.1) is 0 Å². The number of rotatable bonds is 2. The SMILES string of the molecule is O=Cc1ccc(-n2cnc3ccccc32)cc1C(F)(F)F. The molecule has 2 aromatic carbocycles. The molecule has 0 atom stereocenters. The molecule has 0 amide bonds. The quantitative estimate of drug-likeness (QED) is 0.672. The van der Waals surface area contributed by atoms with Gasteiger partial charge in [0.2, 0.25) is 0 Å². The molecule has 3 rings (SSSR count). The summed E-state index contributed by atoms with van der Waals surface area (Å²) >= 11 is 0. The van der Waals surface area contributed by atoms with E-state index in [2.05, 4.69) is 4.98 Å². The minimum Gasteiger partial charge on any atom is -0.299 e. The summed E-state index contributed by atoms with van der Waals surface area (Å²) in [4.78, 5) is 14.9. The Morgan fingerprint density at radius 1 is 1.10 bits per heavy atom. The van der Waals surface area contributed by atoms with Crippen molar-refractivity contribution in [2.75, 3.05) is 0 Å². The van der Waals surface area contributed by atoms with Crippen molar-refractivity contribution < 1.29 is 18.0 Å². The summed E-state index contributed by atoms with van der Waals surface area (Å²) in [5.41, 5.74) is 0.361. The number of fused-ring (bicyclic) bond motifs is 1. The number of carbonyl (C=O) groups excluding carboxylic acids is 1. The average Bonchev–Trinajstić information content (AvgIpc) is 2.89. The van der Waals surface area contributed by atoms with Crippen LogP contribution in [0.1, 0.15) is 15.9 Å². The molecule has 0 bridgehead atoms. The molecule has 1 aromatic heterocycles. The Hall–Kier alpha value is -2.63. The Bertz CT molecular complexity index is 821. The lowest BCUT2D eigenvalue weighted by atomic mass is 10.1. The normalized spacial score (nSPS) is 11.8. The van der Waals surface area contributed by atoms with Crippen molar-refractivity contribution in [3.63, 3.8) is 0 Å². The Morgan fingerprint density at radius 3 is 2.57 bits per heavy atom. The van der Waals surface area contributed by atoms with Crippen molar-refractivity contribution >= 4 is 17.3 Å². The van der Waals surface area contributed by atoms with Gasteiger partial charge in [0, 0.05) is 11.3 Å². The van der Waals surface area contributed by atoms with E-state index in [4.69, 9.17) is 0 Å². The fourth-order valence-electron chi connectivity index (χ4n) is 2.21. The second-order valence-electron chi connectivity index (χ2n) is 4.49. The van der Waals surface area contributed by atoms with Crippen LogP contribution in [-0.2, 0) is 6.18 Å². The molecule has 106 valence electrons. The smallest absolute Gasteiger partial charge is 0.299 e.